The third kappa shape index (κ3) is 6.68. The molecule has 2 rings (SSSR count). The lowest BCUT2D eigenvalue weighted by Gasteiger charge is -2.23. The van der Waals surface area contributed by atoms with Crippen LogP contribution in [-0.4, -0.2) is 48.7 Å². The minimum Gasteiger partial charge on any atom is -0.495 e. The molecule has 32 heavy (non-hydrogen) atoms. The van der Waals surface area contributed by atoms with E-state index in [9.17, 15) is 21.6 Å². The average Bonchev–Trinajstić information content (AvgIpc) is 2.63. The van der Waals surface area contributed by atoms with Gasteiger partial charge in [-0.2, -0.15) is 0 Å². The summed E-state index contributed by atoms with van der Waals surface area (Å²) in [4.78, 5) is 12.7. The summed E-state index contributed by atoms with van der Waals surface area (Å²) in [5.74, 6) is -0.418. The van der Waals surface area contributed by atoms with Crippen molar-refractivity contribution in [3.63, 3.8) is 0 Å². The van der Waals surface area contributed by atoms with Crippen LogP contribution in [0, 0.1) is 13.8 Å². The molecule has 0 fully saturated rings. The van der Waals surface area contributed by atoms with E-state index < -0.39 is 32.5 Å². The number of amides is 1. The van der Waals surface area contributed by atoms with Crippen molar-refractivity contribution >= 4 is 37.3 Å². The Balaban J connectivity index is 2.36. The zero-order valence-electron chi connectivity index (χ0n) is 19.0. The van der Waals surface area contributed by atoms with Crippen molar-refractivity contribution in [3.05, 3.63) is 47.5 Å². The summed E-state index contributed by atoms with van der Waals surface area (Å²) in [5, 5.41) is 2.57. The lowest BCUT2D eigenvalue weighted by atomic mass is 10.1. The molecule has 1 amide bonds. The predicted molar refractivity (Wildman–Crippen MR) is 125 cm³/mol. The Hall–Kier alpha value is -2.63. The molecule has 0 atom stereocenters. The first-order valence-electron chi connectivity index (χ1n) is 9.79. The first-order chi connectivity index (χ1) is 14.7. The Labute approximate surface area is 189 Å². The zero-order valence-corrected chi connectivity index (χ0v) is 20.6. The van der Waals surface area contributed by atoms with Gasteiger partial charge in [-0.25, -0.2) is 21.6 Å². The van der Waals surface area contributed by atoms with Gasteiger partial charge in [0.25, 0.3) is 0 Å². The molecule has 2 aromatic carbocycles. The number of hydrogen-bond acceptors (Lipinski definition) is 6. The fourth-order valence-corrected chi connectivity index (χ4v) is 5.26. The molecule has 0 heterocycles. The van der Waals surface area contributed by atoms with Gasteiger partial charge in [-0.1, -0.05) is 6.07 Å². The lowest BCUT2D eigenvalue weighted by molar-refractivity contribution is -0.114. The summed E-state index contributed by atoms with van der Waals surface area (Å²) in [7, 11) is -6.19. The number of nitrogens with zero attached hydrogens (tertiary/aromatic N) is 1. The first-order valence-corrected chi connectivity index (χ1v) is 13.1. The highest BCUT2D eigenvalue weighted by Gasteiger charge is 2.23. The topological polar surface area (TPSA) is 122 Å². The summed E-state index contributed by atoms with van der Waals surface area (Å²) in [6, 6.07) is 8.97. The molecule has 0 saturated carbocycles. The van der Waals surface area contributed by atoms with E-state index in [0.29, 0.717) is 5.69 Å². The van der Waals surface area contributed by atoms with Gasteiger partial charge in [0, 0.05) is 6.04 Å². The third-order valence-corrected chi connectivity index (χ3v) is 7.12. The van der Waals surface area contributed by atoms with Gasteiger partial charge in [-0.05, 0) is 69.2 Å². The third-order valence-electron chi connectivity index (χ3n) is 4.33. The van der Waals surface area contributed by atoms with Crippen LogP contribution in [0.25, 0.3) is 0 Å². The molecule has 0 aliphatic heterocycles. The Morgan fingerprint density at radius 1 is 1.03 bits per heavy atom. The Kier molecular flexibility index (Phi) is 7.92. The molecule has 11 heteroatoms. The van der Waals surface area contributed by atoms with Gasteiger partial charge >= 0.3 is 0 Å². The second-order valence-corrected chi connectivity index (χ2v) is 11.4. The van der Waals surface area contributed by atoms with E-state index in [1.54, 1.807) is 26.0 Å². The van der Waals surface area contributed by atoms with Crippen molar-refractivity contribution in [3.8, 4) is 5.75 Å². The summed E-state index contributed by atoms with van der Waals surface area (Å²) in [5.41, 5.74) is 2.18. The molecule has 2 aromatic rings. The maximum atomic E-state index is 12.8. The van der Waals surface area contributed by atoms with Gasteiger partial charge in [0.1, 0.15) is 12.3 Å². The van der Waals surface area contributed by atoms with E-state index in [0.717, 1.165) is 21.7 Å². The van der Waals surface area contributed by atoms with Crippen LogP contribution in [-0.2, 0) is 24.8 Å². The number of methoxy groups -OCH3 is 1. The summed E-state index contributed by atoms with van der Waals surface area (Å²) in [6.07, 6.45) is 1.02. The van der Waals surface area contributed by atoms with Crippen molar-refractivity contribution in [2.24, 2.45) is 0 Å². The molecule has 2 N–H and O–H groups in total. The number of carbonyl (C=O) groups excluding carboxylic acids is 1. The fourth-order valence-electron chi connectivity index (χ4n) is 3.15. The number of sulfonamides is 2. The van der Waals surface area contributed by atoms with E-state index in [2.05, 4.69) is 10.0 Å². The normalized spacial score (nSPS) is 12.0. The molecule has 0 radical (unpaired) electrons. The van der Waals surface area contributed by atoms with E-state index in [1.807, 2.05) is 19.9 Å². The summed E-state index contributed by atoms with van der Waals surface area (Å²) in [6.45, 7) is 6.55. The largest absolute Gasteiger partial charge is 0.495 e. The number of rotatable bonds is 9. The van der Waals surface area contributed by atoms with E-state index >= 15 is 0 Å². The zero-order chi connectivity index (χ0) is 24.3. The highest BCUT2D eigenvalue weighted by atomic mass is 32.2. The Morgan fingerprint density at radius 3 is 2.12 bits per heavy atom. The van der Waals surface area contributed by atoms with Gasteiger partial charge in [0.2, 0.25) is 26.0 Å². The van der Waals surface area contributed by atoms with E-state index in [-0.39, 0.29) is 22.4 Å². The highest BCUT2D eigenvalue weighted by molar-refractivity contribution is 7.92. The molecule has 0 spiro atoms. The predicted octanol–water partition coefficient (Wildman–Crippen LogP) is 2.40. The number of benzene rings is 2. The molecule has 0 saturated heterocycles. The standard InChI is InChI=1S/C21H29N3O6S2/c1-14(2)23-32(28,29)18-7-8-20(30-5)19(12-18)22-21(25)13-24(31(6,26)27)17-10-15(3)9-16(4)11-17/h7-12,14,23H,13H2,1-6H3,(H,22,25). The molecule has 0 aliphatic carbocycles. The molecule has 0 aromatic heterocycles. The number of anilines is 2. The van der Waals surface area contributed by atoms with Crippen LogP contribution in [0.15, 0.2) is 41.3 Å². The molecule has 0 unspecified atom stereocenters. The highest BCUT2D eigenvalue weighted by Crippen LogP contribution is 2.28. The van der Waals surface area contributed by atoms with Gasteiger partial charge in [0.05, 0.1) is 29.6 Å². The minimum absolute atomic E-state index is 0.0587. The first kappa shape index (κ1) is 25.6. The maximum absolute atomic E-state index is 12.8. The van der Waals surface area contributed by atoms with Crippen LogP contribution >= 0.6 is 0 Å². The van der Waals surface area contributed by atoms with Gasteiger partial charge in [0.15, 0.2) is 0 Å². The average molecular weight is 484 g/mol. The molecular formula is C21H29N3O6S2. The van der Waals surface area contributed by atoms with Crippen LogP contribution in [0.4, 0.5) is 11.4 Å². The van der Waals surface area contributed by atoms with E-state index in [4.69, 9.17) is 4.74 Å². The van der Waals surface area contributed by atoms with Crippen LogP contribution in [0.2, 0.25) is 0 Å². The summed E-state index contributed by atoms with van der Waals surface area (Å²) < 4.78 is 58.4. The lowest BCUT2D eigenvalue weighted by Crippen LogP contribution is -2.37. The van der Waals surface area contributed by atoms with Gasteiger partial charge in [-0.3, -0.25) is 9.10 Å². The van der Waals surface area contributed by atoms with Crippen LogP contribution < -0.4 is 19.1 Å². The van der Waals surface area contributed by atoms with Gasteiger partial charge in [-0.15, -0.1) is 0 Å². The van der Waals surface area contributed by atoms with Crippen LogP contribution in [0.1, 0.15) is 25.0 Å². The quantitative estimate of drug-likeness (QED) is 0.565. The van der Waals surface area contributed by atoms with E-state index in [1.165, 1.54) is 25.3 Å². The molecule has 176 valence electrons. The molecule has 9 nitrogen and oxygen atoms in total. The van der Waals surface area contributed by atoms with Crippen molar-refractivity contribution < 1.29 is 26.4 Å². The van der Waals surface area contributed by atoms with Crippen LogP contribution in [0.3, 0.4) is 0 Å². The Morgan fingerprint density at radius 2 is 1.62 bits per heavy atom. The number of ether oxygens (including phenoxy) is 1. The van der Waals surface area contributed by atoms with Crippen LogP contribution in [0.5, 0.6) is 5.75 Å². The fraction of sp³-hybridized carbons (Fsp3) is 0.381. The molecule has 0 bridgehead atoms. The number of nitrogens with one attached hydrogen (secondary N) is 2. The second-order valence-electron chi connectivity index (χ2n) is 7.80. The number of carbonyl (C=O) groups is 1. The SMILES string of the molecule is COc1ccc(S(=O)(=O)NC(C)C)cc1NC(=O)CN(c1cc(C)cc(C)c1)S(C)(=O)=O. The van der Waals surface area contributed by atoms with Crippen molar-refractivity contribution in [2.45, 2.75) is 38.6 Å². The second kappa shape index (κ2) is 9.88. The maximum Gasteiger partial charge on any atom is 0.245 e. The number of aryl methyl sites for hydroxylation is 2. The van der Waals surface area contributed by atoms with Crippen molar-refractivity contribution in [2.75, 3.05) is 29.5 Å². The van der Waals surface area contributed by atoms with Crippen molar-refractivity contribution in [1.82, 2.24) is 4.72 Å². The summed E-state index contributed by atoms with van der Waals surface area (Å²) >= 11 is 0. The number of hydrogen-bond donors (Lipinski definition) is 2. The van der Waals surface area contributed by atoms with Gasteiger partial charge < -0.3 is 10.1 Å². The smallest absolute Gasteiger partial charge is 0.245 e. The Bertz CT molecular complexity index is 1190. The molecule has 0 aliphatic rings. The molecular weight excluding hydrogens is 454 g/mol. The monoisotopic (exact) mass is 483 g/mol. The minimum atomic E-state index is -3.80. The van der Waals surface area contributed by atoms with Crippen molar-refractivity contribution in [1.29, 1.82) is 0 Å².